The van der Waals surface area contributed by atoms with Gasteiger partial charge in [-0.15, -0.1) is 0 Å². The molecular formula is C7H14N2O. The molecule has 1 amide bonds. The van der Waals surface area contributed by atoms with Crippen molar-refractivity contribution in [1.29, 1.82) is 0 Å². The predicted octanol–water partition coefficient (Wildman–Crippen LogP) is 0.244. The van der Waals surface area contributed by atoms with Crippen LogP contribution in [0.4, 0.5) is 0 Å². The number of rotatable bonds is 3. The summed E-state index contributed by atoms with van der Waals surface area (Å²) in [6.45, 7) is 7.06. The molecule has 0 aliphatic carbocycles. The summed E-state index contributed by atoms with van der Waals surface area (Å²) in [4.78, 5) is 10.5. The Hall–Kier alpha value is -0.990. The molecule has 3 nitrogen and oxygen atoms in total. The minimum atomic E-state index is -0.0381. The first-order valence-corrected chi connectivity index (χ1v) is 3.21. The number of carbonyl (C=O) groups excluding carboxylic acids is 1. The fourth-order valence-corrected chi connectivity index (χ4v) is 0.609. The maximum absolute atomic E-state index is 10.5. The highest BCUT2D eigenvalue weighted by atomic mass is 16.1. The molecular weight excluding hydrogens is 128 g/mol. The molecule has 0 bridgehead atoms. The molecule has 0 aromatic heterocycles. The van der Waals surface area contributed by atoms with Gasteiger partial charge in [-0.2, -0.15) is 0 Å². The standard InChI is InChI=1S/C7H14N2O/c1-5(8-4)6(2)9-7(3)10/h6,8H,1H2,2-4H3,(H,9,10). The highest BCUT2D eigenvalue weighted by Crippen LogP contribution is 1.91. The molecule has 0 spiro atoms. The van der Waals surface area contributed by atoms with E-state index < -0.39 is 0 Å². The highest BCUT2D eigenvalue weighted by molar-refractivity contribution is 5.73. The van der Waals surface area contributed by atoms with E-state index in [-0.39, 0.29) is 11.9 Å². The molecule has 0 radical (unpaired) electrons. The molecule has 1 atom stereocenters. The Morgan fingerprint density at radius 2 is 2.10 bits per heavy atom. The molecule has 0 saturated heterocycles. The molecule has 0 aliphatic rings. The molecule has 0 aliphatic heterocycles. The van der Waals surface area contributed by atoms with E-state index in [0.717, 1.165) is 5.70 Å². The van der Waals surface area contributed by atoms with E-state index in [1.165, 1.54) is 6.92 Å². The van der Waals surface area contributed by atoms with Crippen LogP contribution < -0.4 is 10.6 Å². The van der Waals surface area contributed by atoms with Gasteiger partial charge in [0.15, 0.2) is 0 Å². The minimum Gasteiger partial charge on any atom is -0.390 e. The van der Waals surface area contributed by atoms with Crippen LogP contribution in [0, 0.1) is 0 Å². The van der Waals surface area contributed by atoms with Gasteiger partial charge in [-0.25, -0.2) is 0 Å². The Balaban J connectivity index is 3.72. The van der Waals surface area contributed by atoms with Gasteiger partial charge in [0, 0.05) is 19.7 Å². The summed E-state index contributed by atoms with van der Waals surface area (Å²) in [6, 6.07) is 0.00231. The van der Waals surface area contributed by atoms with Crippen molar-refractivity contribution in [3.05, 3.63) is 12.3 Å². The van der Waals surface area contributed by atoms with Crippen LogP contribution in [0.25, 0.3) is 0 Å². The van der Waals surface area contributed by atoms with Crippen LogP contribution in [0.2, 0.25) is 0 Å². The predicted molar refractivity (Wildman–Crippen MR) is 41.5 cm³/mol. The Morgan fingerprint density at radius 1 is 1.60 bits per heavy atom. The van der Waals surface area contributed by atoms with Crippen LogP contribution in [-0.4, -0.2) is 19.0 Å². The number of hydrogen-bond acceptors (Lipinski definition) is 2. The van der Waals surface area contributed by atoms with Crippen molar-refractivity contribution in [3.63, 3.8) is 0 Å². The number of hydrogen-bond donors (Lipinski definition) is 2. The first kappa shape index (κ1) is 9.01. The fourth-order valence-electron chi connectivity index (χ4n) is 0.609. The average molecular weight is 142 g/mol. The lowest BCUT2D eigenvalue weighted by Crippen LogP contribution is -2.35. The zero-order chi connectivity index (χ0) is 8.15. The summed E-state index contributed by atoms with van der Waals surface area (Å²) < 4.78 is 0. The van der Waals surface area contributed by atoms with Crippen LogP contribution in [0.5, 0.6) is 0 Å². The van der Waals surface area contributed by atoms with Crippen molar-refractivity contribution in [2.45, 2.75) is 19.9 Å². The largest absolute Gasteiger partial charge is 0.390 e. The first-order chi connectivity index (χ1) is 4.57. The highest BCUT2D eigenvalue weighted by Gasteiger charge is 2.03. The smallest absolute Gasteiger partial charge is 0.217 e. The summed E-state index contributed by atoms with van der Waals surface area (Å²) in [5.41, 5.74) is 0.815. The monoisotopic (exact) mass is 142 g/mol. The van der Waals surface area contributed by atoms with Crippen molar-refractivity contribution < 1.29 is 4.79 Å². The van der Waals surface area contributed by atoms with Crippen molar-refractivity contribution in [2.24, 2.45) is 0 Å². The lowest BCUT2D eigenvalue weighted by molar-refractivity contribution is -0.119. The third-order valence-electron chi connectivity index (χ3n) is 1.26. The van der Waals surface area contributed by atoms with E-state index in [9.17, 15) is 4.79 Å². The summed E-state index contributed by atoms with van der Waals surface area (Å²) in [7, 11) is 1.78. The molecule has 0 rings (SSSR count). The summed E-state index contributed by atoms with van der Waals surface area (Å²) in [5, 5.41) is 5.55. The van der Waals surface area contributed by atoms with Crippen LogP contribution in [0.15, 0.2) is 12.3 Å². The molecule has 0 heterocycles. The second-order valence-electron chi connectivity index (χ2n) is 2.20. The lowest BCUT2D eigenvalue weighted by Gasteiger charge is -2.14. The molecule has 0 fully saturated rings. The van der Waals surface area contributed by atoms with Crippen molar-refractivity contribution in [1.82, 2.24) is 10.6 Å². The first-order valence-electron chi connectivity index (χ1n) is 3.21. The van der Waals surface area contributed by atoms with Crippen LogP contribution in [0.3, 0.4) is 0 Å². The Morgan fingerprint density at radius 3 is 2.40 bits per heavy atom. The van der Waals surface area contributed by atoms with Crippen molar-refractivity contribution in [3.8, 4) is 0 Å². The van der Waals surface area contributed by atoms with Gasteiger partial charge in [0.05, 0.1) is 6.04 Å². The van der Waals surface area contributed by atoms with Gasteiger partial charge in [-0.1, -0.05) is 6.58 Å². The molecule has 0 saturated carbocycles. The molecule has 0 aromatic carbocycles. The number of carbonyl (C=O) groups is 1. The topological polar surface area (TPSA) is 41.1 Å². The van der Waals surface area contributed by atoms with Gasteiger partial charge >= 0.3 is 0 Å². The Bertz CT molecular complexity index is 143. The zero-order valence-electron chi connectivity index (χ0n) is 6.69. The van der Waals surface area contributed by atoms with Crippen LogP contribution >= 0.6 is 0 Å². The van der Waals surface area contributed by atoms with E-state index in [0.29, 0.717) is 0 Å². The average Bonchev–Trinajstić information content (AvgIpc) is 1.85. The van der Waals surface area contributed by atoms with E-state index in [4.69, 9.17) is 0 Å². The van der Waals surface area contributed by atoms with E-state index >= 15 is 0 Å². The molecule has 0 aromatic rings. The molecule has 2 N–H and O–H groups in total. The number of likely N-dealkylation sites (N-methyl/N-ethyl adjacent to an activating group) is 1. The molecule has 58 valence electrons. The van der Waals surface area contributed by atoms with Gasteiger partial charge in [-0.05, 0) is 6.92 Å². The quantitative estimate of drug-likeness (QED) is 0.593. The van der Waals surface area contributed by atoms with E-state index in [2.05, 4.69) is 17.2 Å². The second kappa shape index (κ2) is 3.93. The van der Waals surface area contributed by atoms with E-state index in [1.807, 2.05) is 6.92 Å². The third kappa shape index (κ3) is 3.12. The number of nitrogens with one attached hydrogen (secondary N) is 2. The molecule has 3 heteroatoms. The van der Waals surface area contributed by atoms with Gasteiger partial charge in [0.1, 0.15) is 0 Å². The maximum atomic E-state index is 10.5. The second-order valence-corrected chi connectivity index (χ2v) is 2.20. The Labute approximate surface area is 61.5 Å². The molecule has 10 heavy (non-hydrogen) atoms. The summed E-state index contributed by atoms with van der Waals surface area (Å²) in [5.74, 6) is -0.0381. The molecule has 1 unspecified atom stereocenters. The Kier molecular flexibility index (Phi) is 3.54. The lowest BCUT2D eigenvalue weighted by atomic mass is 10.2. The van der Waals surface area contributed by atoms with E-state index in [1.54, 1.807) is 7.05 Å². The SMILES string of the molecule is C=C(NC)C(C)NC(C)=O. The normalized spacial score (nSPS) is 11.9. The van der Waals surface area contributed by atoms with Gasteiger partial charge in [0.25, 0.3) is 0 Å². The van der Waals surface area contributed by atoms with Crippen LogP contribution in [0.1, 0.15) is 13.8 Å². The summed E-state index contributed by atoms with van der Waals surface area (Å²) in [6.07, 6.45) is 0. The maximum Gasteiger partial charge on any atom is 0.217 e. The van der Waals surface area contributed by atoms with Crippen molar-refractivity contribution >= 4 is 5.91 Å². The zero-order valence-corrected chi connectivity index (χ0v) is 6.69. The number of amides is 1. The summed E-state index contributed by atoms with van der Waals surface area (Å²) >= 11 is 0. The third-order valence-corrected chi connectivity index (χ3v) is 1.26. The van der Waals surface area contributed by atoms with Gasteiger partial charge in [0.2, 0.25) is 5.91 Å². The minimum absolute atomic E-state index is 0.00231. The van der Waals surface area contributed by atoms with Gasteiger partial charge < -0.3 is 10.6 Å². The van der Waals surface area contributed by atoms with Gasteiger partial charge in [-0.3, -0.25) is 4.79 Å². The van der Waals surface area contributed by atoms with Crippen molar-refractivity contribution in [2.75, 3.05) is 7.05 Å². The fraction of sp³-hybridized carbons (Fsp3) is 0.571. The van der Waals surface area contributed by atoms with Crippen LogP contribution in [-0.2, 0) is 4.79 Å².